The van der Waals surface area contributed by atoms with Crippen LogP contribution < -0.4 is 10.8 Å². The Morgan fingerprint density at radius 1 is 1.31 bits per heavy atom. The summed E-state index contributed by atoms with van der Waals surface area (Å²) in [6.07, 6.45) is -2.99. The molecule has 90 valence electrons. The highest BCUT2D eigenvalue weighted by molar-refractivity contribution is 5.89. The van der Waals surface area contributed by atoms with Crippen molar-refractivity contribution in [3.63, 3.8) is 0 Å². The fourth-order valence-corrected chi connectivity index (χ4v) is 0.673. The van der Waals surface area contributed by atoms with Crippen LogP contribution in [0, 0.1) is 0 Å². The van der Waals surface area contributed by atoms with Gasteiger partial charge in [0, 0.05) is 0 Å². The van der Waals surface area contributed by atoms with Gasteiger partial charge in [0.05, 0.1) is 0 Å². The van der Waals surface area contributed by atoms with Crippen LogP contribution in [0.4, 0.5) is 0 Å². The van der Waals surface area contributed by atoms with Crippen molar-refractivity contribution in [1.29, 1.82) is 0 Å². The van der Waals surface area contributed by atoms with Crippen molar-refractivity contribution in [3.8, 4) is 0 Å². The van der Waals surface area contributed by atoms with Crippen LogP contribution in [-0.4, -0.2) is 51.9 Å². The average molecular weight is 236 g/mol. The smallest absolute Gasteiger partial charge is 0.387 e. The molecule has 0 aliphatic rings. The molecule has 0 aromatic heterocycles. The Morgan fingerprint density at radius 3 is 2.25 bits per heavy atom. The third kappa shape index (κ3) is 2.90. The van der Waals surface area contributed by atoms with Gasteiger partial charge in [-0.3, -0.25) is 9.59 Å². The number of nitrogens with one attached hydrogen (secondary N) is 2. The molecular formula is C6H8N2O8. The Morgan fingerprint density at radius 2 is 1.88 bits per heavy atom. The van der Waals surface area contributed by atoms with Crippen molar-refractivity contribution >= 4 is 24.8 Å². The maximum Gasteiger partial charge on any atom is 0.387 e. The fourth-order valence-electron chi connectivity index (χ4n) is 0.673. The molecule has 2 amide bonds. The van der Waals surface area contributed by atoms with E-state index in [-0.39, 0.29) is 12.8 Å². The molecule has 10 nitrogen and oxygen atoms in total. The first kappa shape index (κ1) is 13.8. The summed E-state index contributed by atoms with van der Waals surface area (Å²) in [7, 11) is 0. The monoisotopic (exact) mass is 236 g/mol. The molecule has 0 bridgehead atoms. The quantitative estimate of drug-likeness (QED) is 0.170. The standard InChI is InChI=1S/C6H8N2O8/c9-1-7-6(15,3(11)4(12)13)5(14)16-8-2-10/h1-3,11,15H,(H,7,9)(H,8,10)(H,12,13). The molecule has 0 aromatic carbocycles. The van der Waals surface area contributed by atoms with Gasteiger partial charge in [0.1, 0.15) is 0 Å². The first-order chi connectivity index (χ1) is 7.40. The van der Waals surface area contributed by atoms with Crippen LogP contribution in [0.1, 0.15) is 0 Å². The van der Waals surface area contributed by atoms with Crippen LogP contribution in [0.25, 0.3) is 0 Å². The van der Waals surface area contributed by atoms with Crippen LogP contribution in [0.5, 0.6) is 0 Å². The van der Waals surface area contributed by atoms with Crippen molar-refractivity contribution in [3.05, 3.63) is 0 Å². The molecule has 0 aliphatic heterocycles. The number of carbonyl (C=O) groups excluding carboxylic acids is 3. The summed E-state index contributed by atoms with van der Waals surface area (Å²) < 4.78 is 0. The molecule has 2 unspecified atom stereocenters. The van der Waals surface area contributed by atoms with Crippen LogP contribution in [0.2, 0.25) is 0 Å². The summed E-state index contributed by atoms with van der Waals surface area (Å²) in [4.78, 5) is 45.0. The van der Waals surface area contributed by atoms with Gasteiger partial charge in [-0.05, 0) is 0 Å². The van der Waals surface area contributed by atoms with Crippen molar-refractivity contribution in [2.75, 3.05) is 0 Å². The van der Waals surface area contributed by atoms with Crippen LogP contribution in [0.15, 0.2) is 0 Å². The van der Waals surface area contributed by atoms with E-state index in [1.807, 2.05) is 0 Å². The van der Waals surface area contributed by atoms with E-state index in [1.54, 1.807) is 0 Å². The number of hydrogen-bond donors (Lipinski definition) is 5. The first-order valence-electron chi connectivity index (χ1n) is 3.65. The molecule has 5 N–H and O–H groups in total. The summed E-state index contributed by atoms with van der Waals surface area (Å²) in [5.74, 6) is -3.76. The summed E-state index contributed by atoms with van der Waals surface area (Å²) in [5.41, 5.74) is -1.85. The molecule has 0 fully saturated rings. The van der Waals surface area contributed by atoms with Crippen molar-refractivity contribution in [1.82, 2.24) is 10.8 Å². The number of rotatable bonds is 7. The molecule has 0 aliphatic carbocycles. The normalized spacial score (nSPS) is 15.1. The average Bonchev–Trinajstić information content (AvgIpc) is 2.24. The number of hydrogen-bond acceptors (Lipinski definition) is 7. The third-order valence-corrected chi connectivity index (χ3v) is 1.42. The maximum absolute atomic E-state index is 11.0. The Balaban J connectivity index is 4.92. The van der Waals surface area contributed by atoms with Gasteiger partial charge in [0.25, 0.3) is 5.72 Å². The fraction of sp³-hybridized carbons (Fsp3) is 0.333. The lowest BCUT2D eigenvalue weighted by Crippen LogP contribution is -2.63. The van der Waals surface area contributed by atoms with Crippen molar-refractivity contribution < 1.29 is 39.3 Å². The number of hydroxylamine groups is 1. The van der Waals surface area contributed by atoms with E-state index < -0.39 is 23.8 Å². The van der Waals surface area contributed by atoms with E-state index in [2.05, 4.69) is 4.84 Å². The van der Waals surface area contributed by atoms with E-state index in [0.29, 0.717) is 0 Å². The summed E-state index contributed by atoms with van der Waals surface area (Å²) >= 11 is 0. The minimum atomic E-state index is -3.20. The zero-order chi connectivity index (χ0) is 12.8. The van der Waals surface area contributed by atoms with Gasteiger partial charge in [-0.25, -0.2) is 9.59 Å². The number of aliphatic hydroxyl groups is 2. The highest BCUT2D eigenvalue weighted by atomic mass is 16.7. The number of aliphatic hydroxyl groups excluding tert-OH is 1. The van der Waals surface area contributed by atoms with Gasteiger partial charge in [-0.2, -0.15) is 5.48 Å². The molecular weight excluding hydrogens is 228 g/mol. The van der Waals surface area contributed by atoms with Crippen LogP contribution in [0.3, 0.4) is 0 Å². The second kappa shape index (κ2) is 5.63. The van der Waals surface area contributed by atoms with Gasteiger partial charge in [0.2, 0.25) is 18.9 Å². The molecule has 0 rings (SSSR count). The summed E-state index contributed by atoms with van der Waals surface area (Å²) in [6, 6.07) is 0. The summed E-state index contributed by atoms with van der Waals surface area (Å²) in [6.45, 7) is 0. The van der Waals surface area contributed by atoms with E-state index in [9.17, 15) is 24.3 Å². The van der Waals surface area contributed by atoms with E-state index >= 15 is 0 Å². The molecule has 2 atom stereocenters. The van der Waals surface area contributed by atoms with Gasteiger partial charge in [-0.15, -0.1) is 0 Å². The molecule has 0 spiro atoms. The van der Waals surface area contributed by atoms with Gasteiger partial charge in [-0.1, -0.05) is 0 Å². The number of carboxylic acids is 1. The number of carboxylic acid groups (broad SMARTS) is 1. The number of aliphatic carboxylic acids is 1. The van der Waals surface area contributed by atoms with E-state index in [0.717, 1.165) is 0 Å². The molecule has 0 saturated carbocycles. The van der Waals surface area contributed by atoms with Gasteiger partial charge < -0.3 is 25.5 Å². The lowest BCUT2D eigenvalue weighted by atomic mass is 10.1. The number of amides is 2. The molecule has 10 heteroatoms. The molecule has 16 heavy (non-hydrogen) atoms. The second-order valence-corrected chi connectivity index (χ2v) is 2.39. The largest absolute Gasteiger partial charge is 0.479 e. The van der Waals surface area contributed by atoms with E-state index in [1.165, 1.54) is 10.8 Å². The number of carbonyl (C=O) groups is 4. The maximum atomic E-state index is 11.0. The van der Waals surface area contributed by atoms with Gasteiger partial charge in [0.15, 0.2) is 0 Å². The van der Waals surface area contributed by atoms with Crippen molar-refractivity contribution in [2.45, 2.75) is 11.8 Å². The first-order valence-corrected chi connectivity index (χ1v) is 3.65. The molecule has 0 heterocycles. The Labute approximate surface area is 87.8 Å². The SMILES string of the molecule is O=CNOC(=O)C(O)(NC=O)C(O)C(=O)O. The summed E-state index contributed by atoms with van der Waals surface area (Å²) in [5, 5.41) is 28.0. The Hall–Kier alpha value is -2.20. The van der Waals surface area contributed by atoms with Crippen LogP contribution >= 0.6 is 0 Å². The lowest BCUT2D eigenvalue weighted by Gasteiger charge is -2.26. The predicted octanol–water partition coefficient (Wildman–Crippen LogP) is -3.93. The highest BCUT2D eigenvalue weighted by Crippen LogP contribution is 2.08. The third-order valence-electron chi connectivity index (χ3n) is 1.42. The topological polar surface area (TPSA) is 162 Å². The van der Waals surface area contributed by atoms with E-state index in [4.69, 9.17) is 10.2 Å². The Kier molecular flexibility index (Phi) is 4.85. The minimum absolute atomic E-state index is 0.0909. The molecule has 0 radical (unpaired) electrons. The van der Waals surface area contributed by atoms with Gasteiger partial charge >= 0.3 is 11.9 Å². The molecule has 0 aromatic rings. The zero-order valence-electron chi connectivity index (χ0n) is 7.61. The second-order valence-electron chi connectivity index (χ2n) is 2.39. The minimum Gasteiger partial charge on any atom is -0.479 e. The highest BCUT2D eigenvalue weighted by Gasteiger charge is 2.49. The predicted molar refractivity (Wildman–Crippen MR) is 43.1 cm³/mol. The lowest BCUT2D eigenvalue weighted by molar-refractivity contribution is -0.198. The Bertz CT molecular complexity index is 305. The zero-order valence-corrected chi connectivity index (χ0v) is 7.61. The van der Waals surface area contributed by atoms with Crippen molar-refractivity contribution in [2.24, 2.45) is 0 Å². The van der Waals surface area contributed by atoms with Crippen LogP contribution in [-0.2, 0) is 24.0 Å². The molecule has 0 saturated heterocycles.